The molecule has 138 valence electrons. The SMILES string of the molecule is CC(Sc1ccc(N)cc1)C(=O)Nc1nc(-c2cccc([N+](=O)[O-])c2)cs1. The monoisotopic (exact) mass is 400 g/mol. The molecular weight excluding hydrogens is 384 g/mol. The first-order valence-electron chi connectivity index (χ1n) is 7.96. The van der Waals surface area contributed by atoms with Crippen LogP contribution >= 0.6 is 23.1 Å². The van der Waals surface area contributed by atoms with E-state index in [0.717, 1.165) is 4.90 Å². The molecule has 0 bridgehead atoms. The number of non-ortho nitro benzene ring substituents is 1. The van der Waals surface area contributed by atoms with Crippen molar-refractivity contribution in [1.29, 1.82) is 0 Å². The number of rotatable bonds is 6. The van der Waals surface area contributed by atoms with E-state index in [0.29, 0.717) is 22.1 Å². The van der Waals surface area contributed by atoms with Gasteiger partial charge in [-0.25, -0.2) is 4.98 Å². The Kier molecular flexibility index (Phi) is 5.72. The Balaban J connectivity index is 1.66. The van der Waals surface area contributed by atoms with Crippen molar-refractivity contribution in [2.24, 2.45) is 0 Å². The maximum atomic E-state index is 12.4. The lowest BCUT2D eigenvalue weighted by molar-refractivity contribution is -0.384. The summed E-state index contributed by atoms with van der Waals surface area (Å²) in [5.41, 5.74) is 7.55. The van der Waals surface area contributed by atoms with Crippen LogP contribution in [0.3, 0.4) is 0 Å². The van der Waals surface area contributed by atoms with Crippen LogP contribution < -0.4 is 11.1 Å². The Hall–Kier alpha value is -2.91. The number of thioether (sulfide) groups is 1. The minimum absolute atomic E-state index is 0.000365. The number of nitro groups is 1. The van der Waals surface area contributed by atoms with Gasteiger partial charge in [-0.05, 0) is 31.2 Å². The van der Waals surface area contributed by atoms with Crippen molar-refractivity contribution in [1.82, 2.24) is 4.98 Å². The van der Waals surface area contributed by atoms with Crippen molar-refractivity contribution < 1.29 is 9.72 Å². The van der Waals surface area contributed by atoms with E-state index in [-0.39, 0.29) is 16.8 Å². The summed E-state index contributed by atoms with van der Waals surface area (Å²) >= 11 is 2.70. The van der Waals surface area contributed by atoms with Crippen LogP contribution in [0.25, 0.3) is 11.3 Å². The number of nitrogens with two attached hydrogens (primary N) is 1. The highest BCUT2D eigenvalue weighted by atomic mass is 32.2. The van der Waals surface area contributed by atoms with E-state index in [9.17, 15) is 14.9 Å². The third kappa shape index (κ3) is 4.83. The first-order valence-corrected chi connectivity index (χ1v) is 9.72. The Morgan fingerprint density at radius 1 is 1.30 bits per heavy atom. The number of nitrogen functional groups attached to an aromatic ring is 1. The number of nitro benzene ring substituents is 1. The molecule has 1 unspecified atom stereocenters. The van der Waals surface area contributed by atoms with E-state index in [1.165, 1.54) is 35.2 Å². The fraction of sp³-hybridized carbons (Fsp3) is 0.111. The molecule has 1 heterocycles. The summed E-state index contributed by atoms with van der Waals surface area (Å²) in [7, 11) is 0. The number of benzene rings is 2. The summed E-state index contributed by atoms with van der Waals surface area (Å²) in [6, 6.07) is 13.6. The summed E-state index contributed by atoms with van der Waals surface area (Å²) < 4.78 is 0. The molecule has 1 atom stereocenters. The van der Waals surface area contributed by atoms with Crippen LogP contribution in [0.4, 0.5) is 16.5 Å². The van der Waals surface area contributed by atoms with Gasteiger partial charge >= 0.3 is 0 Å². The van der Waals surface area contributed by atoms with Gasteiger partial charge in [-0.1, -0.05) is 12.1 Å². The molecule has 2 aromatic carbocycles. The van der Waals surface area contributed by atoms with Crippen molar-refractivity contribution in [2.75, 3.05) is 11.1 Å². The Morgan fingerprint density at radius 2 is 2.04 bits per heavy atom. The lowest BCUT2D eigenvalue weighted by Crippen LogP contribution is -2.22. The van der Waals surface area contributed by atoms with Gasteiger partial charge in [0.15, 0.2) is 5.13 Å². The molecular formula is C18H16N4O3S2. The Bertz CT molecular complexity index is 973. The van der Waals surface area contributed by atoms with Crippen molar-refractivity contribution in [3.8, 4) is 11.3 Å². The number of carbonyl (C=O) groups excluding carboxylic acids is 1. The predicted molar refractivity (Wildman–Crippen MR) is 109 cm³/mol. The van der Waals surface area contributed by atoms with Gasteiger partial charge in [0.2, 0.25) is 5.91 Å². The first-order chi connectivity index (χ1) is 12.9. The molecule has 0 aliphatic heterocycles. The average Bonchev–Trinajstić information content (AvgIpc) is 3.12. The predicted octanol–water partition coefficient (Wildman–Crippen LogP) is 4.42. The molecule has 0 saturated carbocycles. The number of amides is 1. The van der Waals surface area contributed by atoms with Crippen LogP contribution in [-0.4, -0.2) is 21.1 Å². The van der Waals surface area contributed by atoms with Crippen LogP contribution in [0.5, 0.6) is 0 Å². The molecule has 1 amide bonds. The van der Waals surface area contributed by atoms with Crippen LogP contribution in [-0.2, 0) is 4.79 Å². The minimum atomic E-state index is -0.450. The zero-order valence-corrected chi connectivity index (χ0v) is 15.9. The van der Waals surface area contributed by atoms with Gasteiger partial charge in [-0.2, -0.15) is 0 Å². The lowest BCUT2D eigenvalue weighted by atomic mass is 10.1. The topological polar surface area (TPSA) is 111 Å². The number of anilines is 2. The standard InChI is InChI=1S/C18H16N4O3S2/c1-11(27-15-7-5-13(19)6-8-15)17(23)21-18-20-16(10-26-18)12-3-2-4-14(9-12)22(24)25/h2-11H,19H2,1H3,(H,20,21,23). The highest BCUT2D eigenvalue weighted by Crippen LogP contribution is 2.29. The van der Waals surface area contributed by atoms with E-state index in [1.54, 1.807) is 29.6 Å². The zero-order chi connectivity index (χ0) is 19.4. The fourth-order valence-electron chi connectivity index (χ4n) is 2.25. The average molecular weight is 400 g/mol. The van der Waals surface area contributed by atoms with E-state index in [4.69, 9.17) is 5.73 Å². The summed E-state index contributed by atoms with van der Waals surface area (Å²) in [6.07, 6.45) is 0. The molecule has 27 heavy (non-hydrogen) atoms. The molecule has 3 rings (SSSR count). The summed E-state index contributed by atoms with van der Waals surface area (Å²) in [5, 5.41) is 15.6. The summed E-state index contributed by atoms with van der Waals surface area (Å²) in [6.45, 7) is 1.81. The van der Waals surface area contributed by atoms with Crippen LogP contribution in [0.2, 0.25) is 0 Å². The van der Waals surface area contributed by atoms with E-state index >= 15 is 0 Å². The molecule has 0 fully saturated rings. The van der Waals surface area contributed by atoms with Gasteiger partial charge in [0, 0.05) is 33.7 Å². The smallest absolute Gasteiger partial charge is 0.270 e. The maximum absolute atomic E-state index is 12.4. The van der Waals surface area contributed by atoms with E-state index in [1.807, 2.05) is 19.1 Å². The molecule has 0 saturated heterocycles. The second-order valence-electron chi connectivity index (χ2n) is 5.66. The second-order valence-corrected chi connectivity index (χ2v) is 7.94. The molecule has 7 nitrogen and oxygen atoms in total. The van der Waals surface area contributed by atoms with Gasteiger partial charge in [-0.3, -0.25) is 14.9 Å². The van der Waals surface area contributed by atoms with Gasteiger partial charge in [0.05, 0.1) is 15.9 Å². The second kappa shape index (κ2) is 8.19. The minimum Gasteiger partial charge on any atom is -0.399 e. The Labute approximate surface area is 163 Å². The zero-order valence-electron chi connectivity index (χ0n) is 14.3. The number of hydrogen-bond acceptors (Lipinski definition) is 7. The number of nitrogens with zero attached hydrogens (tertiary/aromatic N) is 2. The Morgan fingerprint density at radius 3 is 2.74 bits per heavy atom. The van der Waals surface area contributed by atoms with Crippen molar-refractivity contribution >= 4 is 45.5 Å². The van der Waals surface area contributed by atoms with E-state index in [2.05, 4.69) is 10.3 Å². The number of thiazole rings is 1. The van der Waals surface area contributed by atoms with Crippen LogP contribution in [0.1, 0.15) is 6.92 Å². The molecule has 0 spiro atoms. The lowest BCUT2D eigenvalue weighted by Gasteiger charge is -2.10. The highest BCUT2D eigenvalue weighted by Gasteiger charge is 2.17. The van der Waals surface area contributed by atoms with E-state index < -0.39 is 4.92 Å². The van der Waals surface area contributed by atoms with Crippen molar-refractivity contribution in [2.45, 2.75) is 17.1 Å². The summed E-state index contributed by atoms with van der Waals surface area (Å²) in [5.74, 6) is -0.170. The largest absolute Gasteiger partial charge is 0.399 e. The van der Waals surface area contributed by atoms with Crippen molar-refractivity contribution in [3.05, 3.63) is 64.0 Å². The van der Waals surface area contributed by atoms with Gasteiger partial charge in [0.25, 0.3) is 5.69 Å². The van der Waals surface area contributed by atoms with Gasteiger partial charge in [-0.15, -0.1) is 23.1 Å². The molecule has 9 heteroatoms. The third-order valence-electron chi connectivity index (χ3n) is 3.65. The van der Waals surface area contributed by atoms with Gasteiger partial charge in [0.1, 0.15) is 0 Å². The normalized spacial score (nSPS) is 11.7. The van der Waals surface area contributed by atoms with Crippen molar-refractivity contribution in [3.63, 3.8) is 0 Å². The maximum Gasteiger partial charge on any atom is 0.270 e. The van der Waals surface area contributed by atoms with Crippen LogP contribution in [0, 0.1) is 10.1 Å². The summed E-state index contributed by atoms with van der Waals surface area (Å²) in [4.78, 5) is 28.2. The first kappa shape index (κ1) is 18.9. The molecule has 3 aromatic rings. The number of hydrogen-bond donors (Lipinski definition) is 2. The highest BCUT2D eigenvalue weighted by molar-refractivity contribution is 8.00. The number of carbonyl (C=O) groups is 1. The third-order valence-corrected chi connectivity index (χ3v) is 5.52. The number of aromatic nitrogens is 1. The molecule has 1 aromatic heterocycles. The quantitative estimate of drug-likeness (QED) is 0.274. The number of nitrogens with one attached hydrogen (secondary N) is 1. The molecule has 0 aliphatic carbocycles. The molecule has 3 N–H and O–H groups in total. The molecule has 0 aliphatic rings. The van der Waals surface area contributed by atoms with Gasteiger partial charge < -0.3 is 11.1 Å². The van der Waals surface area contributed by atoms with Crippen LogP contribution in [0.15, 0.2) is 58.8 Å². The fourth-order valence-corrected chi connectivity index (χ4v) is 3.84. The molecule has 0 radical (unpaired) electrons.